The van der Waals surface area contributed by atoms with Gasteiger partial charge in [0.25, 0.3) is 0 Å². The van der Waals surface area contributed by atoms with Crippen LogP contribution in [0.1, 0.15) is 6.92 Å². The number of thioether (sulfide) groups is 1. The zero-order valence-electron chi connectivity index (χ0n) is 13.5. The molecule has 2 aromatic carbocycles. The molecule has 2 aromatic rings. The highest BCUT2D eigenvalue weighted by Gasteiger charge is 2.03. The van der Waals surface area contributed by atoms with Gasteiger partial charge in [-0.25, -0.2) is 4.39 Å². The van der Waals surface area contributed by atoms with Crippen LogP contribution in [0, 0.1) is 5.82 Å². The average molecular weight is 349 g/mol. The number of nitrogens with one attached hydrogen (secondary N) is 1. The molecule has 0 radical (unpaired) electrons. The lowest BCUT2D eigenvalue weighted by Gasteiger charge is -2.09. The van der Waals surface area contributed by atoms with Crippen molar-refractivity contribution in [3.8, 4) is 11.5 Å². The van der Waals surface area contributed by atoms with Gasteiger partial charge < -0.3 is 14.8 Å². The first-order chi connectivity index (χ1) is 11.7. The highest BCUT2D eigenvalue weighted by molar-refractivity contribution is 8.00. The Bertz CT molecular complexity index is 632. The molecular formula is C18H20FNO3S. The van der Waals surface area contributed by atoms with Gasteiger partial charge in [0.15, 0.2) is 0 Å². The van der Waals surface area contributed by atoms with Crippen LogP contribution in [-0.2, 0) is 4.79 Å². The van der Waals surface area contributed by atoms with Crippen molar-refractivity contribution >= 4 is 17.7 Å². The summed E-state index contributed by atoms with van der Waals surface area (Å²) < 4.78 is 23.7. The van der Waals surface area contributed by atoms with E-state index >= 15 is 0 Å². The van der Waals surface area contributed by atoms with E-state index in [2.05, 4.69) is 5.32 Å². The number of halogens is 1. The molecule has 0 aliphatic rings. The van der Waals surface area contributed by atoms with Crippen LogP contribution in [0.25, 0.3) is 0 Å². The first-order valence-electron chi connectivity index (χ1n) is 7.68. The third-order valence-electron chi connectivity index (χ3n) is 3.01. The number of hydrogen-bond acceptors (Lipinski definition) is 4. The second kappa shape index (κ2) is 9.82. The van der Waals surface area contributed by atoms with Gasteiger partial charge in [-0.05, 0) is 55.5 Å². The van der Waals surface area contributed by atoms with Crippen LogP contribution in [0.4, 0.5) is 4.39 Å². The van der Waals surface area contributed by atoms with Gasteiger partial charge in [-0.3, -0.25) is 4.79 Å². The van der Waals surface area contributed by atoms with Crippen LogP contribution in [-0.4, -0.2) is 31.4 Å². The molecule has 0 unspecified atom stereocenters. The van der Waals surface area contributed by atoms with Crippen LogP contribution >= 0.6 is 11.8 Å². The fraction of sp³-hybridized carbons (Fsp3) is 0.278. The molecule has 0 atom stereocenters. The number of ether oxygens (including phenoxy) is 2. The van der Waals surface area contributed by atoms with Crippen LogP contribution < -0.4 is 14.8 Å². The van der Waals surface area contributed by atoms with Gasteiger partial charge in [0.1, 0.15) is 23.9 Å². The topological polar surface area (TPSA) is 47.6 Å². The Kier molecular flexibility index (Phi) is 7.42. The fourth-order valence-corrected chi connectivity index (χ4v) is 2.62. The molecule has 0 fully saturated rings. The Labute approximate surface area is 145 Å². The molecule has 128 valence electrons. The highest BCUT2D eigenvalue weighted by Crippen LogP contribution is 2.18. The van der Waals surface area contributed by atoms with E-state index in [4.69, 9.17) is 9.47 Å². The van der Waals surface area contributed by atoms with Crippen molar-refractivity contribution in [1.82, 2.24) is 5.32 Å². The normalized spacial score (nSPS) is 10.2. The molecule has 0 aromatic heterocycles. The van der Waals surface area contributed by atoms with Crippen molar-refractivity contribution in [1.29, 1.82) is 0 Å². The molecule has 0 spiro atoms. The highest BCUT2D eigenvalue weighted by atomic mass is 32.2. The first kappa shape index (κ1) is 18.1. The number of carbonyl (C=O) groups excluding carboxylic acids is 1. The summed E-state index contributed by atoms with van der Waals surface area (Å²) in [6, 6.07) is 13.4. The number of carbonyl (C=O) groups is 1. The lowest BCUT2D eigenvalue weighted by atomic mass is 10.3. The minimum atomic E-state index is -0.282. The van der Waals surface area contributed by atoms with Crippen LogP contribution in [0.5, 0.6) is 11.5 Å². The van der Waals surface area contributed by atoms with Crippen molar-refractivity contribution in [3.63, 3.8) is 0 Å². The maximum Gasteiger partial charge on any atom is 0.230 e. The number of amides is 1. The summed E-state index contributed by atoms with van der Waals surface area (Å²) in [7, 11) is 0. The lowest BCUT2D eigenvalue weighted by Crippen LogP contribution is -2.29. The standard InChI is InChI=1S/C18H20FNO3S/c1-2-22-15-5-7-16(8-6-15)23-12-11-20-18(21)13-24-17-9-3-14(19)4-10-17/h3-10H,2,11-13H2,1H3,(H,20,21). The van der Waals surface area contributed by atoms with E-state index in [0.29, 0.717) is 19.8 Å². The monoisotopic (exact) mass is 349 g/mol. The number of benzene rings is 2. The molecule has 0 saturated heterocycles. The minimum Gasteiger partial charge on any atom is -0.494 e. The predicted molar refractivity (Wildman–Crippen MR) is 93.2 cm³/mol. The van der Waals surface area contributed by atoms with Gasteiger partial charge in [0.2, 0.25) is 5.91 Å². The Morgan fingerprint density at radius 3 is 2.29 bits per heavy atom. The van der Waals surface area contributed by atoms with Gasteiger partial charge in [-0.15, -0.1) is 11.8 Å². The van der Waals surface area contributed by atoms with Gasteiger partial charge in [-0.2, -0.15) is 0 Å². The number of hydrogen-bond donors (Lipinski definition) is 1. The van der Waals surface area contributed by atoms with E-state index in [0.717, 1.165) is 16.4 Å². The quantitative estimate of drug-likeness (QED) is 0.556. The molecule has 0 bridgehead atoms. The van der Waals surface area contributed by atoms with Gasteiger partial charge >= 0.3 is 0 Å². The van der Waals surface area contributed by atoms with Gasteiger partial charge in [0.05, 0.1) is 18.9 Å². The Balaban J connectivity index is 1.61. The van der Waals surface area contributed by atoms with Crippen molar-refractivity contribution in [3.05, 3.63) is 54.3 Å². The van der Waals surface area contributed by atoms with Crippen LogP contribution in [0.15, 0.2) is 53.4 Å². The Hall–Kier alpha value is -2.21. The van der Waals surface area contributed by atoms with Crippen molar-refractivity contribution in [2.45, 2.75) is 11.8 Å². The maximum absolute atomic E-state index is 12.8. The summed E-state index contributed by atoms with van der Waals surface area (Å²) in [4.78, 5) is 12.6. The fourth-order valence-electron chi connectivity index (χ4n) is 1.89. The smallest absolute Gasteiger partial charge is 0.230 e. The average Bonchev–Trinajstić information content (AvgIpc) is 2.60. The summed E-state index contributed by atoms with van der Waals surface area (Å²) in [5.74, 6) is 1.45. The van der Waals surface area contributed by atoms with Gasteiger partial charge in [0, 0.05) is 4.90 Å². The Morgan fingerprint density at radius 2 is 1.67 bits per heavy atom. The summed E-state index contributed by atoms with van der Waals surface area (Å²) in [5, 5.41) is 2.78. The van der Waals surface area contributed by atoms with Crippen LogP contribution in [0.2, 0.25) is 0 Å². The second-order valence-corrected chi connectivity index (χ2v) is 5.89. The van der Waals surface area contributed by atoms with E-state index in [1.54, 1.807) is 12.1 Å². The molecule has 1 N–H and O–H groups in total. The number of rotatable bonds is 9. The molecule has 0 saturated carbocycles. The maximum atomic E-state index is 12.8. The largest absolute Gasteiger partial charge is 0.494 e. The molecule has 0 aliphatic heterocycles. The molecule has 24 heavy (non-hydrogen) atoms. The summed E-state index contributed by atoms with van der Waals surface area (Å²) >= 11 is 1.36. The molecule has 4 nitrogen and oxygen atoms in total. The second-order valence-electron chi connectivity index (χ2n) is 4.85. The van der Waals surface area contributed by atoms with Crippen molar-refractivity contribution in [2.24, 2.45) is 0 Å². The van der Waals surface area contributed by atoms with E-state index in [9.17, 15) is 9.18 Å². The van der Waals surface area contributed by atoms with E-state index in [1.807, 2.05) is 31.2 Å². The summed E-state index contributed by atoms with van der Waals surface area (Å²) in [6.07, 6.45) is 0. The molecular weight excluding hydrogens is 329 g/mol. The van der Waals surface area contributed by atoms with Crippen LogP contribution in [0.3, 0.4) is 0 Å². The van der Waals surface area contributed by atoms with E-state index < -0.39 is 0 Å². The molecule has 6 heteroatoms. The van der Waals surface area contributed by atoms with E-state index in [1.165, 1.54) is 23.9 Å². The molecule has 1 amide bonds. The third kappa shape index (κ3) is 6.50. The molecule has 0 heterocycles. The lowest BCUT2D eigenvalue weighted by molar-refractivity contribution is -0.118. The SMILES string of the molecule is CCOc1ccc(OCCNC(=O)CSc2ccc(F)cc2)cc1. The third-order valence-corrected chi connectivity index (χ3v) is 4.02. The Morgan fingerprint density at radius 1 is 1.04 bits per heavy atom. The summed E-state index contributed by atoms with van der Waals surface area (Å²) in [6.45, 7) is 3.38. The first-order valence-corrected chi connectivity index (χ1v) is 8.66. The van der Waals surface area contributed by atoms with E-state index in [-0.39, 0.29) is 17.5 Å². The summed E-state index contributed by atoms with van der Waals surface area (Å²) in [5.41, 5.74) is 0. The zero-order chi connectivity index (χ0) is 17.2. The molecule has 0 aliphatic carbocycles. The minimum absolute atomic E-state index is 0.0837. The zero-order valence-corrected chi connectivity index (χ0v) is 14.3. The van der Waals surface area contributed by atoms with Crippen molar-refractivity contribution in [2.75, 3.05) is 25.5 Å². The predicted octanol–water partition coefficient (Wildman–Crippen LogP) is 3.51. The van der Waals surface area contributed by atoms with Crippen molar-refractivity contribution < 1.29 is 18.7 Å². The molecule has 2 rings (SSSR count). The van der Waals surface area contributed by atoms with Gasteiger partial charge in [-0.1, -0.05) is 0 Å².